The lowest BCUT2D eigenvalue weighted by atomic mass is 10.1. The van der Waals surface area contributed by atoms with Crippen molar-refractivity contribution in [2.24, 2.45) is 0 Å². The molecule has 27 heavy (non-hydrogen) atoms. The first-order valence-electron chi connectivity index (χ1n) is 8.38. The van der Waals surface area contributed by atoms with E-state index in [2.05, 4.69) is 10.3 Å². The Bertz CT molecular complexity index is 913. The van der Waals surface area contributed by atoms with Crippen molar-refractivity contribution >= 4 is 5.91 Å². The van der Waals surface area contributed by atoms with Crippen LogP contribution in [0.15, 0.2) is 66.9 Å². The SMILES string of the molecule is COc1cccc(C(=O)NCc2cccc(Oc3ccccn3)c2)c1OC. The third-order valence-electron chi connectivity index (χ3n) is 3.86. The zero-order valence-electron chi connectivity index (χ0n) is 15.1. The molecule has 1 aromatic heterocycles. The number of rotatable bonds is 7. The van der Waals surface area contributed by atoms with Crippen LogP contribution in [0.1, 0.15) is 15.9 Å². The Morgan fingerprint density at radius 2 is 1.85 bits per heavy atom. The molecular weight excluding hydrogens is 344 g/mol. The highest BCUT2D eigenvalue weighted by Crippen LogP contribution is 2.30. The van der Waals surface area contributed by atoms with E-state index in [1.54, 1.807) is 30.5 Å². The van der Waals surface area contributed by atoms with Crippen LogP contribution in [0, 0.1) is 0 Å². The summed E-state index contributed by atoms with van der Waals surface area (Å²) in [7, 11) is 3.04. The topological polar surface area (TPSA) is 69.7 Å². The Morgan fingerprint density at radius 3 is 2.59 bits per heavy atom. The molecule has 2 aromatic carbocycles. The van der Waals surface area contributed by atoms with Gasteiger partial charge in [0.1, 0.15) is 5.75 Å². The first-order valence-corrected chi connectivity index (χ1v) is 8.38. The number of aromatic nitrogens is 1. The monoisotopic (exact) mass is 364 g/mol. The second kappa shape index (κ2) is 8.71. The number of carbonyl (C=O) groups excluding carboxylic acids is 1. The number of methoxy groups -OCH3 is 2. The molecule has 0 bridgehead atoms. The highest BCUT2D eigenvalue weighted by Gasteiger charge is 2.16. The van der Waals surface area contributed by atoms with Crippen LogP contribution in [-0.4, -0.2) is 25.1 Å². The Balaban J connectivity index is 1.68. The standard InChI is InChI=1S/C21H20N2O4/c1-25-18-10-6-9-17(20(18)26-2)21(24)23-14-15-7-5-8-16(13-15)27-19-11-3-4-12-22-19/h3-13H,14H2,1-2H3,(H,23,24). The molecular formula is C21H20N2O4. The number of hydrogen-bond acceptors (Lipinski definition) is 5. The van der Waals surface area contributed by atoms with Gasteiger partial charge in [0.15, 0.2) is 11.5 Å². The molecule has 1 N–H and O–H groups in total. The molecule has 0 aliphatic rings. The largest absolute Gasteiger partial charge is 0.493 e. The van der Waals surface area contributed by atoms with Crippen molar-refractivity contribution in [3.05, 3.63) is 78.0 Å². The quantitative estimate of drug-likeness (QED) is 0.690. The summed E-state index contributed by atoms with van der Waals surface area (Å²) in [5, 5.41) is 2.89. The van der Waals surface area contributed by atoms with E-state index >= 15 is 0 Å². The van der Waals surface area contributed by atoms with Crippen LogP contribution in [0.25, 0.3) is 0 Å². The van der Waals surface area contributed by atoms with Gasteiger partial charge in [-0.25, -0.2) is 4.98 Å². The Morgan fingerprint density at radius 1 is 1.00 bits per heavy atom. The molecule has 0 saturated heterocycles. The highest BCUT2D eigenvalue weighted by atomic mass is 16.5. The van der Waals surface area contributed by atoms with Crippen LogP contribution in [0.3, 0.4) is 0 Å². The van der Waals surface area contributed by atoms with Gasteiger partial charge in [-0.2, -0.15) is 0 Å². The Kier molecular flexibility index (Phi) is 5.89. The van der Waals surface area contributed by atoms with Gasteiger partial charge in [-0.15, -0.1) is 0 Å². The van der Waals surface area contributed by atoms with Gasteiger partial charge in [0, 0.05) is 18.8 Å². The van der Waals surface area contributed by atoms with Crippen molar-refractivity contribution in [3.63, 3.8) is 0 Å². The van der Waals surface area contributed by atoms with Crippen LogP contribution in [0.4, 0.5) is 0 Å². The van der Waals surface area contributed by atoms with E-state index < -0.39 is 0 Å². The lowest BCUT2D eigenvalue weighted by Crippen LogP contribution is -2.23. The third kappa shape index (κ3) is 4.55. The number of nitrogens with zero attached hydrogens (tertiary/aromatic N) is 1. The average Bonchev–Trinajstić information content (AvgIpc) is 2.72. The number of hydrogen-bond donors (Lipinski definition) is 1. The average molecular weight is 364 g/mol. The molecule has 0 fully saturated rings. The second-order valence-corrected chi connectivity index (χ2v) is 5.64. The van der Waals surface area contributed by atoms with E-state index in [-0.39, 0.29) is 5.91 Å². The third-order valence-corrected chi connectivity index (χ3v) is 3.86. The summed E-state index contributed by atoms with van der Waals surface area (Å²) in [5.41, 5.74) is 1.32. The maximum Gasteiger partial charge on any atom is 0.255 e. The van der Waals surface area contributed by atoms with Gasteiger partial charge in [-0.05, 0) is 35.9 Å². The normalized spacial score (nSPS) is 10.1. The van der Waals surface area contributed by atoms with Gasteiger partial charge in [0.25, 0.3) is 5.91 Å². The van der Waals surface area contributed by atoms with Crippen molar-refractivity contribution < 1.29 is 19.0 Å². The van der Waals surface area contributed by atoms with Gasteiger partial charge < -0.3 is 19.5 Å². The number of carbonyl (C=O) groups is 1. The van der Waals surface area contributed by atoms with E-state index in [0.717, 1.165) is 5.56 Å². The lowest BCUT2D eigenvalue weighted by Gasteiger charge is -2.13. The molecule has 0 radical (unpaired) electrons. The van der Waals surface area contributed by atoms with Crippen molar-refractivity contribution in [1.29, 1.82) is 0 Å². The summed E-state index contributed by atoms with van der Waals surface area (Å²) in [6.45, 7) is 0.346. The number of ether oxygens (including phenoxy) is 3. The second-order valence-electron chi connectivity index (χ2n) is 5.64. The van der Waals surface area contributed by atoms with Crippen LogP contribution < -0.4 is 19.5 Å². The van der Waals surface area contributed by atoms with Crippen LogP contribution in [-0.2, 0) is 6.54 Å². The molecule has 0 aliphatic heterocycles. The smallest absolute Gasteiger partial charge is 0.255 e. The number of nitrogens with one attached hydrogen (secondary N) is 1. The lowest BCUT2D eigenvalue weighted by molar-refractivity contribution is 0.0947. The summed E-state index contributed by atoms with van der Waals surface area (Å²) < 4.78 is 16.3. The molecule has 138 valence electrons. The molecule has 0 saturated carbocycles. The number of benzene rings is 2. The summed E-state index contributed by atoms with van der Waals surface area (Å²) in [4.78, 5) is 16.7. The fourth-order valence-electron chi connectivity index (χ4n) is 2.59. The number of para-hydroxylation sites is 1. The maximum atomic E-state index is 12.6. The van der Waals surface area contributed by atoms with E-state index in [0.29, 0.717) is 35.2 Å². The summed E-state index contributed by atoms with van der Waals surface area (Å²) >= 11 is 0. The van der Waals surface area contributed by atoms with Gasteiger partial charge in [-0.3, -0.25) is 4.79 Å². The first kappa shape index (κ1) is 18.3. The molecule has 6 nitrogen and oxygen atoms in total. The predicted molar refractivity (Wildman–Crippen MR) is 101 cm³/mol. The molecule has 0 unspecified atom stereocenters. The first-order chi connectivity index (χ1) is 13.2. The van der Waals surface area contributed by atoms with Crippen LogP contribution >= 0.6 is 0 Å². The molecule has 0 spiro atoms. The molecule has 6 heteroatoms. The van der Waals surface area contributed by atoms with E-state index in [4.69, 9.17) is 14.2 Å². The van der Waals surface area contributed by atoms with Crippen molar-refractivity contribution in [3.8, 4) is 23.1 Å². The van der Waals surface area contributed by atoms with Crippen molar-refractivity contribution in [2.45, 2.75) is 6.54 Å². The highest BCUT2D eigenvalue weighted by molar-refractivity contribution is 5.97. The molecule has 3 rings (SSSR count). The minimum atomic E-state index is -0.248. The molecule has 1 heterocycles. The van der Waals surface area contributed by atoms with Gasteiger partial charge in [-0.1, -0.05) is 24.3 Å². The predicted octanol–water partition coefficient (Wildman–Crippen LogP) is 3.82. The van der Waals surface area contributed by atoms with E-state index in [1.807, 2.05) is 36.4 Å². The fourth-order valence-corrected chi connectivity index (χ4v) is 2.59. The van der Waals surface area contributed by atoms with Gasteiger partial charge in [0.05, 0.1) is 19.8 Å². The zero-order valence-corrected chi connectivity index (χ0v) is 15.1. The summed E-state index contributed by atoms with van der Waals surface area (Å²) in [6, 6.07) is 18.1. The maximum absolute atomic E-state index is 12.6. The van der Waals surface area contributed by atoms with Crippen LogP contribution in [0.5, 0.6) is 23.1 Å². The molecule has 3 aromatic rings. The van der Waals surface area contributed by atoms with Gasteiger partial charge in [0.2, 0.25) is 5.88 Å². The Labute approximate surface area is 157 Å². The van der Waals surface area contributed by atoms with E-state index in [1.165, 1.54) is 14.2 Å². The molecule has 0 aliphatic carbocycles. The number of pyridine rings is 1. The summed E-state index contributed by atoms with van der Waals surface area (Å²) in [5.74, 6) is 1.83. The zero-order chi connectivity index (χ0) is 19.1. The van der Waals surface area contributed by atoms with Crippen LogP contribution in [0.2, 0.25) is 0 Å². The van der Waals surface area contributed by atoms with E-state index in [9.17, 15) is 4.79 Å². The number of amides is 1. The molecule has 0 atom stereocenters. The summed E-state index contributed by atoms with van der Waals surface area (Å²) in [6.07, 6.45) is 1.67. The minimum Gasteiger partial charge on any atom is -0.493 e. The Hall–Kier alpha value is -3.54. The van der Waals surface area contributed by atoms with Crippen molar-refractivity contribution in [1.82, 2.24) is 10.3 Å². The minimum absolute atomic E-state index is 0.248. The molecule has 1 amide bonds. The van der Waals surface area contributed by atoms with Crippen molar-refractivity contribution in [2.75, 3.05) is 14.2 Å². The van der Waals surface area contributed by atoms with Gasteiger partial charge >= 0.3 is 0 Å². The fraction of sp³-hybridized carbons (Fsp3) is 0.143.